The number of hydrogen-bond acceptors (Lipinski definition) is 6. The molecule has 0 fully saturated rings. The topological polar surface area (TPSA) is 90.4 Å². The summed E-state index contributed by atoms with van der Waals surface area (Å²) in [4.78, 5) is 21.8. The van der Waals surface area contributed by atoms with Crippen LogP contribution in [0.15, 0.2) is 54.7 Å². The zero-order valence-corrected chi connectivity index (χ0v) is 18.3. The molecule has 0 bridgehead atoms. The van der Waals surface area contributed by atoms with E-state index in [2.05, 4.69) is 25.5 Å². The molecule has 1 heterocycles. The fourth-order valence-electron chi connectivity index (χ4n) is 3.07. The first-order valence-electron chi connectivity index (χ1n) is 10.3. The molecule has 1 aromatic heterocycles. The van der Waals surface area contributed by atoms with Crippen molar-refractivity contribution >= 4 is 29.5 Å². The van der Waals surface area contributed by atoms with E-state index in [1.807, 2.05) is 32.3 Å². The Hall–Kier alpha value is -3.85. The molecule has 0 spiro atoms. The smallest absolute Gasteiger partial charge is 0.328 e. The van der Waals surface area contributed by atoms with Gasteiger partial charge in [-0.05, 0) is 62.5 Å². The second-order valence-corrected chi connectivity index (χ2v) is 7.59. The number of benzene rings is 2. The molecule has 172 valence electrons. The number of carboxylic acid groups (broad SMARTS) is 1. The molecule has 0 amide bonds. The Labute approximate surface area is 190 Å². The van der Waals surface area contributed by atoms with E-state index in [-0.39, 0.29) is 5.95 Å². The zero-order chi connectivity index (χ0) is 23.8. The number of nitrogens with zero attached hydrogens (tertiary/aromatic N) is 3. The monoisotopic (exact) mass is 453 g/mol. The maximum atomic E-state index is 13.6. The van der Waals surface area contributed by atoms with E-state index in [1.165, 1.54) is 12.1 Å². The normalized spacial score (nSPS) is 11.2. The van der Waals surface area contributed by atoms with Crippen molar-refractivity contribution in [2.45, 2.75) is 6.42 Å². The van der Waals surface area contributed by atoms with Gasteiger partial charge in [-0.15, -0.1) is 0 Å². The van der Waals surface area contributed by atoms with Crippen LogP contribution in [0.25, 0.3) is 17.2 Å². The SMILES string of the molecule is CN(C)CCCNc1nc(Nc2ccc(F)c(F)c2)ncc1-c1cccc(/C=C/C(=O)O)c1. The molecule has 0 aliphatic rings. The number of aromatic nitrogens is 2. The quantitative estimate of drug-likeness (QED) is 0.305. The minimum Gasteiger partial charge on any atom is -0.478 e. The van der Waals surface area contributed by atoms with Gasteiger partial charge in [0.25, 0.3) is 0 Å². The number of carbonyl (C=O) groups is 1. The average molecular weight is 453 g/mol. The summed E-state index contributed by atoms with van der Waals surface area (Å²) in [7, 11) is 3.99. The summed E-state index contributed by atoms with van der Waals surface area (Å²) in [6.07, 6.45) is 5.09. The summed E-state index contributed by atoms with van der Waals surface area (Å²) >= 11 is 0. The second kappa shape index (κ2) is 11.1. The van der Waals surface area contributed by atoms with Crippen molar-refractivity contribution in [2.75, 3.05) is 37.8 Å². The Morgan fingerprint density at radius 3 is 2.70 bits per heavy atom. The van der Waals surface area contributed by atoms with Gasteiger partial charge in [-0.25, -0.2) is 18.6 Å². The van der Waals surface area contributed by atoms with Crippen molar-refractivity contribution < 1.29 is 18.7 Å². The molecule has 0 unspecified atom stereocenters. The summed E-state index contributed by atoms with van der Waals surface area (Å²) in [5, 5.41) is 15.1. The third kappa shape index (κ3) is 7.08. The molecule has 0 atom stereocenters. The van der Waals surface area contributed by atoms with Gasteiger partial charge in [0.15, 0.2) is 11.6 Å². The Bertz CT molecular complexity index is 1150. The molecule has 7 nitrogen and oxygen atoms in total. The summed E-state index contributed by atoms with van der Waals surface area (Å²) in [6.45, 7) is 1.55. The summed E-state index contributed by atoms with van der Waals surface area (Å²) in [5.41, 5.74) is 2.57. The van der Waals surface area contributed by atoms with Crippen LogP contribution in [0.5, 0.6) is 0 Å². The van der Waals surface area contributed by atoms with Gasteiger partial charge in [0, 0.05) is 36.1 Å². The van der Waals surface area contributed by atoms with E-state index < -0.39 is 17.6 Å². The zero-order valence-electron chi connectivity index (χ0n) is 18.3. The van der Waals surface area contributed by atoms with Crippen LogP contribution in [0.1, 0.15) is 12.0 Å². The largest absolute Gasteiger partial charge is 0.478 e. The lowest BCUT2D eigenvalue weighted by Crippen LogP contribution is -2.17. The van der Waals surface area contributed by atoms with Crippen molar-refractivity contribution in [3.05, 3.63) is 71.9 Å². The van der Waals surface area contributed by atoms with Gasteiger partial charge >= 0.3 is 5.97 Å². The van der Waals surface area contributed by atoms with Gasteiger partial charge in [-0.1, -0.05) is 18.2 Å². The summed E-state index contributed by atoms with van der Waals surface area (Å²) in [6, 6.07) is 10.8. The van der Waals surface area contributed by atoms with Crippen molar-refractivity contribution in [1.82, 2.24) is 14.9 Å². The van der Waals surface area contributed by atoms with Crippen LogP contribution in [0.2, 0.25) is 0 Å². The highest BCUT2D eigenvalue weighted by molar-refractivity contribution is 5.86. The second-order valence-electron chi connectivity index (χ2n) is 7.59. The van der Waals surface area contributed by atoms with Crippen LogP contribution in [0.4, 0.5) is 26.2 Å². The Balaban J connectivity index is 1.90. The number of carboxylic acids is 1. The van der Waals surface area contributed by atoms with Crippen molar-refractivity contribution in [3.8, 4) is 11.1 Å². The van der Waals surface area contributed by atoms with Crippen LogP contribution in [0, 0.1) is 11.6 Å². The van der Waals surface area contributed by atoms with Crippen LogP contribution in [-0.4, -0.2) is 53.1 Å². The van der Waals surface area contributed by atoms with Gasteiger partial charge in [-0.2, -0.15) is 4.98 Å². The van der Waals surface area contributed by atoms with E-state index in [1.54, 1.807) is 12.3 Å². The molecule has 33 heavy (non-hydrogen) atoms. The molecule has 3 N–H and O–H groups in total. The third-order valence-corrected chi connectivity index (χ3v) is 4.66. The fourth-order valence-corrected chi connectivity index (χ4v) is 3.07. The van der Waals surface area contributed by atoms with Crippen LogP contribution < -0.4 is 10.6 Å². The number of hydrogen-bond donors (Lipinski definition) is 3. The number of anilines is 3. The van der Waals surface area contributed by atoms with Crippen LogP contribution in [0.3, 0.4) is 0 Å². The highest BCUT2D eigenvalue weighted by Crippen LogP contribution is 2.29. The fraction of sp³-hybridized carbons (Fsp3) is 0.208. The molecule has 2 aromatic carbocycles. The van der Waals surface area contributed by atoms with Crippen molar-refractivity contribution in [1.29, 1.82) is 0 Å². The van der Waals surface area contributed by atoms with Gasteiger partial charge in [-0.3, -0.25) is 0 Å². The van der Waals surface area contributed by atoms with E-state index in [0.717, 1.165) is 47.9 Å². The van der Waals surface area contributed by atoms with E-state index in [0.29, 0.717) is 18.1 Å². The molecule has 3 rings (SSSR count). The molecule has 9 heteroatoms. The standard InChI is InChI=1S/C24H25F2N5O2/c1-31(2)12-4-11-27-23-19(17-6-3-5-16(13-17)7-10-22(32)33)15-28-24(30-23)29-18-8-9-20(25)21(26)14-18/h3,5-10,13-15H,4,11-12H2,1-2H3,(H,32,33)(H2,27,28,29,30)/b10-7+. The molecular formula is C24H25F2N5O2. The molecule has 0 saturated heterocycles. The molecule has 0 radical (unpaired) electrons. The van der Waals surface area contributed by atoms with Crippen LogP contribution in [-0.2, 0) is 4.79 Å². The van der Waals surface area contributed by atoms with Crippen molar-refractivity contribution in [2.24, 2.45) is 0 Å². The van der Waals surface area contributed by atoms with Crippen LogP contribution >= 0.6 is 0 Å². The predicted molar refractivity (Wildman–Crippen MR) is 125 cm³/mol. The minimum absolute atomic E-state index is 0.224. The molecule has 0 aliphatic carbocycles. The molecule has 0 aliphatic heterocycles. The lowest BCUT2D eigenvalue weighted by molar-refractivity contribution is -0.131. The van der Waals surface area contributed by atoms with Gasteiger partial charge in [0.2, 0.25) is 5.95 Å². The Morgan fingerprint density at radius 1 is 1.15 bits per heavy atom. The lowest BCUT2D eigenvalue weighted by Gasteiger charge is -2.15. The maximum absolute atomic E-state index is 13.6. The Kier molecular flexibility index (Phi) is 8.04. The lowest BCUT2D eigenvalue weighted by atomic mass is 10.0. The highest BCUT2D eigenvalue weighted by atomic mass is 19.2. The first-order chi connectivity index (χ1) is 15.8. The molecule has 3 aromatic rings. The van der Waals surface area contributed by atoms with Crippen molar-refractivity contribution in [3.63, 3.8) is 0 Å². The van der Waals surface area contributed by atoms with Gasteiger partial charge < -0.3 is 20.6 Å². The highest BCUT2D eigenvalue weighted by Gasteiger charge is 2.11. The number of halogens is 2. The first kappa shape index (κ1) is 23.8. The number of nitrogens with one attached hydrogen (secondary N) is 2. The van der Waals surface area contributed by atoms with Gasteiger partial charge in [0.1, 0.15) is 5.82 Å². The predicted octanol–water partition coefficient (Wildman–Crippen LogP) is 4.63. The third-order valence-electron chi connectivity index (χ3n) is 4.66. The molecular weight excluding hydrogens is 428 g/mol. The number of rotatable bonds is 10. The van der Waals surface area contributed by atoms with E-state index >= 15 is 0 Å². The Morgan fingerprint density at radius 2 is 1.97 bits per heavy atom. The summed E-state index contributed by atoms with van der Waals surface area (Å²) < 4.78 is 26.8. The van der Waals surface area contributed by atoms with E-state index in [9.17, 15) is 13.6 Å². The maximum Gasteiger partial charge on any atom is 0.328 e. The first-order valence-corrected chi connectivity index (χ1v) is 10.3. The average Bonchev–Trinajstić information content (AvgIpc) is 2.78. The van der Waals surface area contributed by atoms with Gasteiger partial charge in [0.05, 0.1) is 0 Å². The minimum atomic E-state index is -1.03. The van der Waals surface area contributed by atoms with E-state index in [4.69, 9.17) is 5.11 Å². The summed E-state index contributed by atoms with van der Waals surface area (Å²) in [5.74, 6) is -2.14. The molecule has 0 saturated carbocycles. The number of aliphatic carboxylic acids is 1.